The molecule has 3 rings (SSSR count). The van der Waals surface area contributed by atoms with Crippen molar-refractivity contribution < 1.29 is 14.3 Å². The zero-order chi connectivity index (χ0) is 16.2. The van der Waals surface area contributed by atoms with Gasteiger partial charge in [0.15, 0.2) is 0 Å². The summed E-state index contributed by atoms with van der Waals surface area (Å²) in [5.41, 5.74) is 0. The second-order valence-corrected chi connectivity index (χ2v) is 7.07. The number of likely N-dealkylation sites (tertiary alicyclic amines) is 2. The van der Waals surface area contributed by atoms with Crippen LogP contribution in [0.1, 0.15) is 39.0 Å². The van der Waals surface area contributed by atoms with Crippen LogP contribution in [0.15, 0.2) is 0 Å². The maximum Gasteiger partial charge on any atom is 0.242 e. The lowest BCUT2D eigenvalue weighted by Crippen LogP contribution is -2.57. The number of carbonyl (C=O) groups excluding carboxylic acids is 2. The molecule has 0 bridgehead atoms. The molecule has 0 radical (unpaired) electrons. The molecule has 2 atom stereocenters. The number of morpholine rings is 1. The van der Waals surface area contributed by atoms with Crippen molar-refractivity contribution >= 4 is 24.2 Å². The fourth-order valence-electron chi connectivity index (χ4n) is 3.91. The number of carbonyl (C=O) groups is 2. The van der Waals surface area contributed by atoms with Crippen molar-refractivity contribution in [3.05, 3.63) is 0 Å². The van der Waals surface area contributed by atoms with Gasteiger partial charge in [0.2, 0.25) is 11.8 Å². The Labute approximate surface area is 150 Å². The molecule has 0 unspecified atom stereocenters. The lowest BCUT2D eigenvalue weighted by atomic mass is 9.92. The number of nitrogens with zero attached hydrogens (tertiary/aromatic N) is 2. The highest BCUT2D eigenvalue weighted by Crippen LogP contribution is 2.23. The van der Waals surface area contributed by atoms with Crippen molar-refractivity contribution in [3.63, 3.8) is 0 Å². The summed E-state index contributed by atoms with van der Waals surface area (Å²) in [6.45, 7) is 6.76. The van der Waals surface area contributed by atoms with Crippen LogP contribution >= 0.6 is 12.4 Å². The van der Waals surface area contributed by atoms with Gasteiger partial charge < -0.3 is 19.9 Å². The first-order valence-electron chi connectivity index (χ1n) is 9.06. The average molecular weight is 360 g/mol. The number of amides is 2. The van der Waals surface area contributed by atoms with Crippen LogP contribution in [0.5, 0.6) is 0 Å². The maximum absolute atomic E-state index is 12.6. The second-order valence-electron chi connectivity index (χ2n) is 7.07. The van der Waals surface area contributed by atoms with Crippen molar-refractivity contribution in [3.8, 4) is 0 Å². The first kappa shape index (κ1) is 19.5. The molecule has 138 valence electrons. The van der Waals surface area contributed by atoms with E-state index in [0.717, 1.165) is 58.4 Å². The van der Waals surface area contributed by atoms with Crippen LogP contribution in [0.3, 0.4) is 0 Å². The molecule has 0 aromatic rings. The van der Waals surface area contributed by atoms with Gasteiger partial charge in [0.05, 0.1) is 12.7 Å². The summed E-state index contributed by atoms with van der Waals surface area (Å²) in [6, 6.07) is -0.216. The summed E-state index contributed by atoms with van der Waals surface area (Å²) >= 11 is 0. The molecule has 0 aliphatic carbocycles. The molecule has 6 nitrogen and oxygen atoms in total. The Balaban J connectivity index is 0.00000208. The Bertz CT molecular complexity index is 435. The molecule has 0 saturated carbocycles. The lowest BCUT2D eigenvalue weighted by Gasteiger charge is -2.37. The van der Waals surface area contributed by atoms with Gasteiger partial charge in [-0.2, -0.15) is 0 Å². The predicted molar refractivity (Wildman–Crippen MR) is 94.2 cm³/mol. The van der Waals surface area contributed by atoms with E-state index in [9.17, 15) is 9.59 Å². The summed E-state index contributed by atoms with van der Waals surface area (Å²) in [5.74, 6) is 0.893. The average Bonchev–Trinajstić information content (AvgIpc) is 3.10. The summed E-state index contributed by atoms with van der Waals surface area (Å²) < 4.78 is 5.57. The van der Waals surface area contributed by atoms with E-state index in [2.05, 4.69) is 5.32 Å². The van der Waals surface area contributed by atoms with Crippen LogP contribution in [-0.2, 0) is 14.3 Å². The lowest BCUT2D eigenvalue weighted by molar-refractivity contribution is -0.141. The highest BCUT2D eigenvalue weighted by Gasteiger charge is 2.34. The zero-order valence-electron chi connectivity index (χ0n) is 14.5. The molecule has 24 heavy (non-hydrogen) atoms. The topological polar surface area (TPSA) is 61.9 Å². The van der Waals surface area contributed by atoms with Gasteiger partial charge in [-0.15, -0.1) is 12.4 Å². The summed E-state index contributed by atoms with van der Waals surface area (Å²) in [4.78, 5) is 28.8. The molecular weight excluding hydrogens is 330 g/mol. The summed E-state index contributed by atoms with van der Waals surface area (Å²) in [5, 5.41) is 3.27. The van der Waals surface area contributed by atoms with E-state index in [-0.39, 0.29) is 30.5 Å². The van der Waals surface area contributed by atoms with E-state index in [1.807, 2.05) is 16.7 Å². The first-order valence-corrected chi connectivity index (χ1v) is 9.06. The number of nitrogens with one attached hydrogen (secondary N) is 1. The number of halogens is 1. The highest BCUT2D eigenvalue weighted by atomic mass is 35.5. The maximum atomic E-state index is 12.6. The number of piperidine rings is 1. The molecule has 3 saturated heterocycles. The van der Waals surface area contributed by atoms with Crippen molar-refractivity contribution in [1.82, 2.24) is 15.1 Å². The molecule has 2 amide bonds. The van der Waals surface area contributed by atoms with Crippen LogP contribution in [0, 0.1) is 5.92 Å². The van der Waals surface area contributed by atoms with Gasteiger partial charge in [-0.25, -0.2) is 0 Å². The van der Waals surface area contributed by atoms with Gasteiger partial charge in [0.25, 0.3) is 0 Å². The quantitative estimate of drug-likeness (QED) is 0.817. The van der Waals surface area contributed by atoms with E-state index >= 15 is 0 Å². The second kappa shape index (κ2) is 9.02. The zero-order valence-corrected chi connectivity index (χ0v) is 15.4. The molecule has 3 fully saturated rings. The van der Waals surface area contributed by atoms with Crippen LogP contribution in [-0.4, -0.2) is 73.1 Å². The van der Waals surface area contributed by atoms with E-state index in [1.165, 1.54) is 0 Å². The van der Waals surface area contributed by atoms with Gasteiger partial charge in [-0.05, 0) is 38.5 Å². The third-order valence-electron chi connectivity index (χ3n) is 5.43. The molecule has 3 aliphatic rings. The highest BCUT2D eigenvalue weighted by molar-refractivity contribution is 5.85. The first-order chi connectivity index (χ1) is 11.1. The number of hydrogen-bond acceptors (Lipinski definition) is 4. The molecule has 3 aliphatic heterocycles. The minimum atomic E-state index is -0.216. The third kappa shape index (κ3) is 4.61. The van der Waals surface area contributed by atoms with E-state index in [0.29, 0.717) is 24.9 Å². The third-order valence-corrected chi connectivity index (χ3v) is 5.43. The van der Waals surface area contributed by atoms with E-state index in [4.69, 9.17) is 4.74 Å². The van der Waals surface area contributed by atoms with Crippen LogP contribution in [0.2, 0.25) is 0 Å². The Morgan fingerprint density at radius 3 is 2.38 bits per heavy atom. The molecule has 0 aromatic carbocycles. The minimum absolute atomic E-state index is 0. The molecule has 7 heteroatoms. The SMILES string of the molecule is C[C@H]1OCCN[C@@H]1C(=O)N1CCC(CC(=O)N2CCCC2)CC1.Cl. The molecule has 0 aromatic heterocycles. The molecule has 3 heterocycles. The Morgan fingerprint density at radius 2 is 1.75 bits per heavy atom. The van der Waals surface area contributed by atoms with Crippen LogP contribution in [0.4, 0.5) is 0 Å². The molecular formula is C17H30ClN3O3. The fourth-order valence-corrected chi connectivity index (χ4v) is 3.91. The van der Waals surface area contributed by atoms with Gasteiger partial charge >= 0.3 is 0 Å². The summed E-state index contributed by atoms with van der Waals surface area (Å²) in [6.07, 6.45) is 4.76. The molecule has 1 N–H and O–H groups in total. The standard InChI is InChI=1S/C17H29N3O3.ClH/c1-13-16(18-6-11-23-13)17(22)20-9-4-14(5-10-20)12-15(21)19-7-2-3-8-19;/h13-14,16,18H,2-12H2,1H3;1H/t13-,16+;/m1./s1. The molecule has 0 spiro atoms. The van der Waals surface area contributed by atoms with Gasteiger partial charge in [0, 0.05) is 39.1 Å². The van der Waals surface area contributed by atoms with E-state index < -0.39 is 0 Å². The predicted octanol–water partition coefficient (Wildman–Crippen LogP) is 1.04. The van der Waals surface area contributed by atoms with Crippen LogP contribution in [0.25, 0.3) is 0 Å². The Kier molecular flexibility index (Phi) is 7.32. The van der Waals surface area contributed by atoms with E-state index in [1.54, 1.807) is 0 Å². The Morgan fingerprint density at radius 1 is 1.08 bits per heavy atom. The number of ether oxygens (including phenoxy) is 1. The van der Waals surface area contributed by atoms with Gasteiger partial charge in [-0.1, -0.05) is 0 Å². The summed E-state index contributed by atoms with van der Waals surface area (Å²) in [7, 11) is 0. The Hall–Kier alpha value is -0.850. The number of rotatable bonds is 3. The largest absolute Gasteiger partial charge is 0.375 e. The number of hydrogen-bond donors (Lipinski definition) is 1. The van der Waals surface area contributed by atoms with Crippen molar-refractivity contribution in [2.75, 3.05) is 39.3 Å². The fraction of sp³-hybridized carbons (Fsp3) is 0.882. The smallest absolute Gasteiger partial charge is 0.242 e. The van der Waals surface area contributed by atoms with Gasteiger partial charge in [-0.3, -0.25) is 9.59 Å². The van der Waals surface area contributed by atoms with Crippen LogP contribution < -0.4 is 5.32 Å². The monoisotopic (exact) mass is 359 g/mol. The normalized spacial score (nSPS) is 28.5. The van der Waals surface area contributed by atoms with Crippen molar-refractivity contribution in [2.24, 2.45) is 5.92 Å². The van der Waals surface area contributed by atoms with Gasteiger partial charge in [0.1, 0.15) is 6.04 Å². The van der Waals surface area contributed by atoms with Crippen molar-refractivity contribution in [1.29, 1.82) is 0 Å². The minimum Gasteiger partial charge on any atom is -0.375 e. The van der Waals surface area contributed by atoms with Crippen molar-refractivity contribution in [2.45, 2.75) is 51.2 Å².